The van der Waals surface area contributed by atoms with E-state index >= 15 is 0 Å². The van der Waals surface area contributed by atoms with Gasteiger partial charge in [0.25, 0.3) is 0 Å². The third-order valence-corrected chi connectivity index (χ3v) is 5.23. The van der Waals surface area contributed by atoms with Crippen LogP contribution in [0.4, 0.5) is 0 Å². The lowest BCUT2D eigenvalue weighted by molar-refractivity contribution is -0.147. The van der Waals surface area contributed by atoms with Gasteiger partial charge in [0, 0.05) is 0 Å². The van der Waals surface area contributed by atoms with Gasteiger partial charge in [-0.15, -0.1) is 0 Å². The number of aliphatic carboxylic acids is 1. The van der Waals surface area contributed by atoms with Crippen molar-refractivity contribution in [2.45, 2.75) is 40.5 Å². The Kier molecular flexibility index (Phi) is 6.98. The fourth-order valence-corrected chi connectivity index (χ4v) is 3.16. The van der Waals surface area contributed by atoms with Gasteiger partial charge in [-0.3, -0.25) is 4.79 Å². The summed E-state index contributed by atoms with van der Waals surface area (Å²) in [6, 6.07) is 17.3. The fourth-order valence-electron chi connectivity index (χ4n) is 3.16. The minimum atomic E-state index is -0.709. The van der Waals surface area contributed by atoms with Crippen molar-refractivity contribution in [3.8, 4) is 11.1 Å². The van der Waals surface area contributed by atoms with E-state index in [0.717, 1.165) is 26.1 Å². The van der Waals surface area contributed by atoms with E-state index in [2.05, 4.69) is 67.3 Å². The van der Waals surface area contributed by atoms with Crippen molar-refractivity contribution in [2.24, 2.45) is 5.41 Å². The van der Waals surface area contributed by atoms with Crippen molar-refractivity contribution in [3.05, 3.63) is 59.7 Å². The van der Waals surface area contributed by atoms with Crippen LogP contribution in [0, 0.1) is 5.41 Å². The van der Waals surface area contributed by atoms with E-state index in [1.165, 1.54) is 22.3 Å². The van der Waals surface area contributed by atoms with Crippen LogP contribution >= 0.6 is 0 Å². The number of hydrogen-bond acceptors (Lipinski definition) is 2. The van der Waals surface area contributed by atoms with Gasteiger partial charge < -0.3 is 10.0 Å². The second-order valence-electron chi connectivity index (χ2n) is 7.46. The number of carbonyl (C=O) groups is 1. The summed E-state index contributed by atoms with van der Waals surface area (Å²) in [7, 11) is 0. The highest BCUT2D eigenvalue weighted by Crippen LogP contribution is 2.35. The highest BCUT2D eigenvalue weighted by molar-refractivity contribution is 5.76. The van der Waals surface area contributed by atoms with Gasteiger partial charge in [0.05, 0.1) is 5.41 Å². The Hall–Kier alpha value is -2.13. The third-order valence-electron chi connectivity index (χ3n) is 5.23. The summed E-state index contributed by atoms with van der Waals surface area (Å²) in [5.41, 5.74) is 5.16. The molecular formula is C23H31NO2. The Labute approximate surface area is 157 Å². The first kappa shape index (κ1) is 20.2. The number of benzene rings is 2. The van der Waals surface area contributed by atoms with Crippen molar-refractivity contribution in [2.75, 3.05) is 19.6 Å². The molecule has 0 radical (unpaired) electrons. The molecule has 1 N–H and O–H groups in total. The molecule has 0 fully saturated rings. The lowest BCUT2D eigenvalue weighted by Crippen LogP contribution is -2.31. The van der Waals surface area contributed by atoms with Gasteiger partial charge in [0.2, 0.25) is 0 Å². The molecule has 0 unspecified atom stereocenters. The number of hydrogen-bond donors (Lipinski definition) is 1. The number of carboxylic acid groups (broad SMARTS) is 1. The predicted octanol–water partition coefficient (Wildman–Crippen LogP) is 5.09. The molecule has 2 aromatic rings. The Morgan fingerprint density at radius 2 is 1.42 bits per heavy atom. The highest BCUT2D eigenvalue weighted by Gasteiger charge is 2.26. The van der Waals surface area contributed by atoms with E-state index in [1.807, 2.05) is 0 Å². The molecule has 1 aliphatic rings. The first-order valence-corrected chi connectivity index (χ1v) is 9.51. The van der Waals surface area contributed by atoms with E-state index in [0.29, 0.717) is 6.42 Å². The maximum Gasteiger partial charge on any atom is 0.309 e. The maximum absolute atomic E-state index is 10.8. The molecule has 0 bridgehead atoms. The normalized spacial score (nSPS) is 12.2. The number of carboxylic acids is 1. The van der Waals surface area contributed by atoms with Crippen LogP contribution < -0.4 is 0 Å². The standard InChI is InChI=1S/C13H10.C10H21NO2/c1-3-7-12-10(5-1)9-11-6-2-4-8-13(11)12;1-5-11(6-2)8-7-10(3,4)9(12)13/h1-8H,9H2;5-8H2,1-4H3,(H,12,13). The van der Waals surface area contributed by atoms with E-state index in [9.17, 15) is 4.79 Å². The largest absolute Gasteiger partial charge is 0.481 e. The Balaban J connectivity index is 0.000000187. The minimum absolute atomic E-state index is 0.595. The molecule has 1 aliphatic carbocycles. The summed E-state index contributed by atoms with van der Waals surface area (Å²) < 4.78 is 0. The van der Waals surface area contributed by atoms with Gasteiger partial charge in [-0.2, -0.15) is 0 Å². The molecule has 0 saturated carbocycles. The minimum Gasteiger partial charge on any atom is -0.481 e. The van der Waals surface area contributed by atoms with Gasteiger partial charge in [-0.1, -0.05) is 62.4 Å². The zero-order valence-corrected chi connectivity index (χ0v) is 16.5. The number of nitrogens with zero attached hydrogens (tertiary/aromatic N) is 1. The van der Waals surface area contributed by atoms with E-state index in [-0.39, 0.29) is 0 Å². The van der Waals surface area contributed by atoms with Crippen LogP contribution in [0.1, 0.15) is 45.2 Å². The molecule has 0 saturated heterocycles. The third kappa shape index (κ3) is 4.95. The van der Waals surface area contributed by atoms with Crippen LogP contribution in [0.2, 0.25) is 0 Å². The fraction of sp³-hybridized carbons (Fsp3) is 0.435. The van der Waals surface area contributed by atoms with Crippen molar-refractivity contribution in [1.29, 1.82) is 0 Å². The molecule has 0 atom stereocenters. The molecule has 26 heavy (non-hydrogen) atoms. The molecule has 0 aliphatic heterocycles. The Bertz CT molecular complexity index is 689. The molecule has 3 rings (SSSR count). The van der Waals surface area contributed by atoms with Crippen molar-refractivity contribution >= 4 is 5.97 Å². The summed E-state index contributed by atoms with van der Waals surface area (Å²) in [5, 5.41) is 8.88. The molecule has 140 valence electrons. The first-order valence-electron chi connectivity index (χ1n) is 9.51. The van der Waals surface area contributed by atoms with Crippen LogP contribution in [-0.2, 0) is 11.2 Å². The Morgan fingerprint density at radius 1 is 0.962 bits per heavy atom. The molecule has 3 nitrogen and oxygen atoms in total. The van der Waals surface area contributed by atoms with Crippen LogP contribution in [0.5, 0.6) is 0 Å². The van der Waals surface area contributed by atoms with Crippen molar-refractivity contribution in [3.63, 3.8) is 0 Å². The summed E-state index contributed by atoms with van der Waals surface area (Å²) >= 11 is 0. The predicted molar refractivity (Wildman–Crippen MR) is 109 cm³/mol. The van der Waals surface area contributed by atoms with Gasteiger partial charge >= 0.3 is 5.97 Å². The molecule has 2 aromatic carbocycles. The van der Waals surface area contributed by atoms with Crippen LogP contribution in [-0.4, -0.2) is 35.6 Å². The summed E-state index contributed by atoms with van der Waals surface area (Å²) in [5.74, 6) is -0.709. The van der Waals surface area contributed by atoms with E-state index < -0.39 is 11.4 Å². The van der Waals surface area contributed by atoms with Crippen LogP contribution in [0.15, 0.2) is 48.5 Å². The van der Waals surface area contributed by atoms with Gasteiger partial charge in [-0.25, -0.2) is 0 Å². The molecule has 0 spiro atoms. The SMILES string of the molecule is CCN(CC)CCC(C)(C)C(=O)O.c1ccc2c(c1)Cc1ccccc1-2. The van der Waals surface area contributed by atoms with E-state index in [4.69, 9.17) is 5.11 Å². The lowest BCUT2D eigenvalue weighted by Gasteiger charge is -2.24. The topological polar surface area (TPSA) is 40.5 Å². The maximum atomic E-state index is 10.8. The molecule has 0 heterocycles. The smallest absolute Gasteiger partial charge is 0.309 e. The lowest BCUT2D eigenvalue weighted by atomic mass is 9.89. The summed E-state index contributed by atoms with van der Waals surface area (Å²) in [6.45, 7) is 10.6. The number of rotatable bonds is 6. The first-order chi connectivity index (χ1) is 12.4. The average Bonchev–Trinajstić information content (AvgIpc) is 3.01. The van der Waals surface area contributed by atoms with Crippen molar-refractivity contribution < 1.29 is 9.90 Å². The zero-order valence-electron chi connectivity index (χ0n) is 16.5. The summed E-state index contributed by atoms with van der Waals surface area (Å²) in [4.78, 5) is 13.0. The van der Waals surface area contributed by atoms with Crippen molar-refractivity contribution in [1.82, 2.24) is 4.90 Å². The average molecular weight is 354 g/mol. The second-order valence-corrected chi connectivity index (χ2v) is 7.46. The summed E-state index contributed by atoms with van der Waals surface area (Å²) in [6.07, 6.45) is 1.82. The molecule has 3 heteroatoms. The van der Waals surface area contributed by atoms with E-state index in [1.54, 1.807) is 13.8 Å². The number of fused-ring (bicyclic) bond motifs is 3. The Morgan fingerprint density at radius 3 is 1.85 bits per heavy atom. The molecular weight excluding hydrogens is 322 g/mol. The molecule has 0 amide bonds. The quantitative estimate of drug-likeness (QED) is 0.671. The zero-order chi connectivity index (χ0) is 19.2. The van der Waals surface area contributed by atoms with Gasteiger partial charge in [0.15, 0.2) is 0 Å². The molecule has 0 aromatic heterocycles. The van der Waals surface area contributed by atoms with Crippen LogP contribution in [0.25, 0.3) is 11.1 Å². The van der Waals surface area contributed by atoms with Crippen LogP contribution in [0.3, 0.4) is 0 Å². The monoisotopic (exact) mass is 353 g/mol. The van der Waals surface area contributed by atoms with Gasteiger partial charge in [-0.05, 0) is 68.6 Å². The highest BCUT2D eigenvalue weighted by atomic mass is 16.4. The van der Waals surface area contributed by atoms with Gasteiger partial charge in [0.1, 0.15) is 0 Å². The second kappa shape index (κ2) is 9.00.